The molecule has 0 amide bonds. The standard InChI is InChI=1S/C15H30N2O/c1-2-15-14(7-11-18-15)12-17-8-3-4-13-5-9-16-10-6-13/h13-17H,2-12H2,1H3. The molecule has 2 aliphatic heterocycles. The van der Waals surface area contributed by atoms with E-state index in [1.54, 1.807) is 0 Å². The Labute approximate surface area is 112 Å². The molecular weight excluding hydrogens is 224 g/mol. The van der Waals surface area contributed by atoms with Crippen LogP contribution in [-0.4, -0.2) is 38.9 Å². The first-order valence-electron chi connectivity index (χ1n) is 7.93. The summed E-state index contributed by atoms with van der Waals surface area (Å²) >= 11 is 0. The quantitative estimate of drug-likeness (QED) is 0.683. The maximum atomic E-state index is 5.72. The molecule has 2 saturated heterocycles. The number of rotatable bonds is 7. The predicted octanol–water partition coefficient (Wildman–Crippen LogP) is 2.17. The normalized spacial score (nSPS) is 29.8. The van der Waals surface area contributed by atoms with Crippen molar-refractivity contribution in [2.75, 3.05) is 32.8 Å². The van der Waals surface area contributed by atoms with Crippen molar-refractivity contribution in [1.82, 2.24) is 10.6 Å². The van der Waals surface area contributed by atoms with Crippen LogP contribution < -0.4 is 10.6 Å². The molecule has 18 heavy (non-hydrogen) atoms. The van der Waals surface area contributed by atoms with Crippen molar-refractivity contribution in [3.63, 3.8) is 0 Å². The van der Waals surface area contributed by atoms with Gasteiger partial charge in [-0.05, 0) is 70.0 Å². The molecule has 2 heterocycles. The summed E-state index contributed by atoms with van der Waals surface area (Å²) in [6.45, 7) is 8.02. The molecule has 2 rings (SSSR count). The van der Waals surface area contributed by atoms with Gasteiger partial charge in [0.1, 0.15) is 0 Å². The van der Waals surface area contributed by atoms with Gasteiger partial charge in [-0.1, -0.05) is 6.92 Å². The topological polar surface area (TPSA) is 33.3 Å². The monoisotopic (exact) mass is 254 g/mol. The minimum absolute atomic E-state index is 0.516. The van der Waals surface area contributed by atoms with E-state index in [1.165, 1.54) is 58.2 Å². The van der Waals surface area contributed by atoms with Gasteiger partial charge in [-0.3, -0.25) is 0 Å². The van der Waals surface area contributed by atoms with Crippen LogP contribution in [0.4, 0.5) is 0 Å². The average Bonchev–Trinajstić information content (AvgIpc) is 2.87. The zero-order valence-electron chi connectivity index (χ0n) is 11.9. The van der Waals surface area contributed by atoms with E-state index in [4.69, 9.17) is 4.74 Å². The lowest BCUT2D eigenvalue weighted by molar-refractivity contribution is 0.0873. The molecule has 0 aliphatic carbocycles. The van der Waals surface area contributed by atoms with Gasteiger partial charge >= 0.3 is 0 Å². The summed E-state index contributed by atoms with van der Waals surface area (Å²) in [6, 6.07) is 0. The van der Waals surface area contributed by atoms with Crippen LogP contribution in [-0.2, 0) is 4.74 Å². The summed E-state index contributed by atoms with van der Waals surface area (Å²) in [5.41, 5.74) is 0. The van der Waals surface area contributed by atoms with Crippen molar-refractivity contribution < 1.29 is 4.74 Å². The molecule has 2 fully saturated rings. The van der Waals surface area contributed by atoms with Crippen molar-refractivity contribution in [1.29, 1.82) is 0 Å². The lowest BCUT2D eigenvalue weighted by atomic mass is 9.93. The first-order chi connectivity index (χ1) is 8.90. The molecule has 2 unspecified atom stereocenters. The van der Waals surface area contributed by atoms with Crippen molar-refractivity contribution >= 4 is 0 Å². The highest BCUT2D eigenvalue weighted by Gasteiger charge is 2.25. The molecule has 3 heteroatoms. The van der Waals surface area contributed by atoms with E-state index in [9.17, 15) is 0 Å². The van der Waals surface area contributed by atoms with Gasteiger partial charge in [-0.15, -0.1) is 0 Å². The maximum Gasteiger partial charge on any atom is 0.0613 e. The Morgan fingerprint density at radius 1 is 1.22 bits per heavy atom. The molecule has 0 radical (unpaired) electrons. The van der Waals surface area contributed by atoms with E-state index >= 15 is 0 Å². The van der Waals surface area contributed by atoms with Crippen LogP contribution in [0.1, 0.15) is 45.4 Å². The third kappa shape index (κ3) is 4.52. The van der Waals surface area contributed by atoms with Crippen molar-refractivity contribution in [3.8, 4) is 0 Å². The number of hydrogen-bond acceptors (Lipinski definition) is 3. The van der Waals surface area contributed by atoms with Gasteiger partial charge < -0.3 is 15.4 Å². The molecule has 2 atom stereocenters. The fourth-order valence-electron chi connectivity index (χ4n) is 3.35. The van der Waals surface area contributed by atoms with E-state index in [0.717, 1.165) is 25.0 Å². The Kier molecular flexibility index (Phi) is 6.46. The number of hydrogen-bond donors (Lipinski definition) is 2. The summed E-state index contributed by atoms with van der Waals surface area (Å²) < 4.78 is 5.72. The zero-order chi connectivity index (χ0) is 12.6. The van der Waals surface area contributed by atoms with Crippen LogP contribution in [0, 0.1) is 11.8 Å². The van der Waals surface area contributed by atoms with Gasteiger partial charge in [0.15, 0.2) is 0 Å². The third-order valence-electron chi connectivity index (χ3n) is 4.58. The smallest absolute Gasteiger partial charge is 0.0613 e. The van der Waals surface area contributed by atoms with Crippen LogP contribution >= 0.6 is 0 Å². The highest BCUT2D eigenvalue weighted by atomic mass is 16.5. The molecule has 0 saturated carbocycles. The number of ether oxygens (including phenoxy) is 1. The summed E-state index contributed by atoms with van der Waals surface area (Å²) in [4.78, 5) is 0. The van der Waals surface area contributed by atoms with Gasteiger partial charge in [0.05, 0.1) is 6.10 Å². The van der Waals surface area contributed by atoms with E-state index < -0.39 is 0 Å². The lowest BCUT2D eigenvalue weighted by Crippen LogP contribution is -2.30. The van der Waals surface area contributed by atoms with E-state index in [1.807, 2.05) is 0 Å². The van der Waals surface area contributed by atoms with Gasteiger partial charge in [-0.25, -0.2) is 0 Å². The Morgan fingerprint density at radius 3 is 2.83 bits per heavy atom. The van der Waals surface area contributed by atoms with Crippen LogP contribution in [0.2, 0.25) is 0 Å². The number of piperidine rings is 1. The lowest BCUT2D eigenvalue weighted by Gasteiger charge is -2.22. The van der Waals surface area contributed by atoms with Gasteiger partial charge in [-0.2, -0.15) is 0 Å². The van der Waals surface area contributed by atoms with E-state index in [-0.39, 0.29) is 0 Å². The second-order valence-corrected chi connectivity index (χ2v) is 5.91. The molecular formula is C15H30N2O. The van der Waals surface area contributed by atoms with Crippen molar-refractivity contribution in [2.45, 2.75) is 51.6 Å². The predicted molar refractivity (Wildman–Crippen MR) is 75.8 cm³/mol. The highest BCUT2D eigenvalue weighted by Crippen LogP contribution is 2.22. The summed E-state index contributed by atoms with van der Waals surface area (Å²) in [7, 11) is 0. The Hall–Kier alpha value is -0.120. The molecule has 106 valence electrons. The van der Waals surface area contributed by atoms with Crippen molar-refractivity contribution in [3.05, 3.63) is 0 Å². The second-order valence-electron chi connectivity index (χ2n) is 5.91. The SMILES string of the molecule is CCC1OCCC1CNCCCC1CCNCC1. The fraction of sp³-hybridized carbons (Fsp3) is 1.00. The molecule has 2 aliphatic rings. The fourth-order valence-corrected chi connectivity index (χ4v) is 3.35. The van der Waals surface area contributed by atoms with E-state index in [0.29, 0.717) is 6.10 Å². The Morgan fingerprint density at radius 2 is 2.06 bits per heavy atom. The first-order valence-corrected chi connectivity index (χ1v) is 7.93. The second kappa shape index (κ2) is 8.13. The highest BCUT2D eigenvalue weighted by molar-refractivity contribution is 4.77. The first kappa shape index (κ1) is 14.3. The van der Waals surface area contributed by atoms with Crippen LogP contribution in [0.3, 0.4) is 0 Å². The minimum atomic E-state index is 0.516. The van der Waals surface area contributed by atoms with Gasteiger partial charge in [0, 0.05) is 13.2 Å². The molecule has 3 nitrogen and oxygen atoms in total. The Balaban J connectivity index is 1.48. The van der Waals surface area contributed by atoms with Crippen LogP contribution in [0.15, 0.2) is 0 Å². The van der Waals surface area contributed by atoms with Crippen molar-refractivity contribution in [2.24, 2.45) is 11.8 Å². The molecule has 0 aromatic heterocycles. The van der Waals surface area contributed by atoms with Gasteiger partial charge in [0.2, 0.25) is 0 Å². The largest absolute Gasteiger partial charge is 0.378 e. The zero-order valence-corrected chi connectivity index (χ0v) is 11.9. The van der Waals surface area contributed by atoms with Crippen LogP contribution in [0.25, 0.3) is 0 Å². The average molecular weight is 254 g/mol. The number of nitrogens with one attached hydrogen (secondary N) is 2. The van der Waals surface area contributed by atoms with Gasteiger partial charge in [0.25, 0.3) is 0 Å². The Bertz CT molecular complexity index is 217. The summed E-state index contributed by atoms with van der Waals surface area (Å²) in [5.74, 6) is 1.74. The summed E-state index contributed by atoms with van der Waals surface area (Å²) in [6.07, 6.45) is 8.45. The van der Waals surface area contributed by atoms with Crippen LogP contribution in [0.5, 0.6) is 0 Å². The maximum absolute atomic E-state index is 5.72. The molecule has 2 N–H and O–H groups in total. The molecule has 0 aromatic carbocycles. The minimum Gasteiger partial charge on any atom is -0.378 e. The van der Waals surface area contributed by atoms with E-state index in [2.05, 4.69) is 17.6 Å². The summed E-state index contributed by atoms with van der Waals surface area (Å²) in [5, 5.41) is 7.07. The molecule has 0 spiro atoms. The third-order valence-corrected chi connectivity index (χ3v) is 4.58. The molecule has 0 aromatic rings. The molecule has 0 bridgehead atoms.